The van der Waals surface area contributed by atoms with Crippen molar-refractivity contribution in [3.63, 3.8) is 0 Å². The van der Waals surface area contributed by atoms with Crippen LogP contribution in [0.25, 0.3) is 12.2 Å². The zero-order valence-electron chi connectivity index (χ0n) is 15.6. The van der Waals surface area contributed by atoms with Crippen LogP contribution in [0.15, 0.2) is 44.4 Å². The molecule has 0 aromatic heterocycles. The van der Waals surface area contributed by atoms with Gasteiger partial charge in [-0.1, -0.05) is 69.0 Å². The first-order valence-corrected chi connectivity index (χ1v) is 10.5. The maximum Gasteiger partial charge on any atom is 0.124 e. The van der Waals surface area contributed by atoms with E-state index >= 15 is 0 Å². The molecule has 0 radical (unpaired) electrons. The first-order chi connectivity index (χ1) is 12.6. The Hall–Kier alpha value is -1.26. The Bertz CT molecular complexity index is 950. The summed E-state index contributed by atoms with van der Waals surface area (Å²) in [6, 6.07) is 6.33. The largest absolute Gasteiger partial charge is 0.207 e. The lowest BCUT2D eigenvalue weighted by molar-refractivity contribution is 0.274. The Labute approximate surface area is 175 Å². The van der Waals surface area contributed by atoms with Crippen molar-refractivity contribution in [3.8, 4) is 0 Å². The molecule has 4 heteroatoms. The first-order valence-electron chi connectivity index (χ1n) is 8.95. The van der Waals surface area contributed by atoms with Crippen LogP contribution in [0.5, 0.6) is 0 Å². The highest BCUT2D eigenvalue weighted by molar-refractivity contribution is 9.10. The topological polar surface area (TPSA) is 0 Å². The predicted octanol–water partition coefficient (Wildman–Crippen LogP) is 8.22. The lowest BCUT2D eigenvalue weighted by Crippen LogP contribution is -2.30. The van der Waals surface area contributed by atoms with Gasteiger partial charge in [0.25, 0.3) is 0 Å². The molecule has 4 rings (SSSR count). The fraction of sp³-hybridized carbons (Fsp3) is 0.304. The van der Waals surface area contributed by atoms with Crippen LogP contribution in [0.2, 0.25) is 0 Å². The van der Waals surface area contributed by atoms with Crippen molar-refractivity contribution in [2.75, 3.05) is 0 Å². The quantitative estimate of drug-likeness (QED) is 0.395. The van der Waals surface area contributed by atoms with Crippen LogP contribution < -0.4 is 0 Å². The molecule has 2 aromatic carbocycles. The average Bonchev–Trinajstić information content (AvgIpc) is 3.04. The molecule has 0 bridgehead atoms. The molecule has 0 saturated carbocycles. The Morgan fingerprint density at radius 1 is 0.741 bits per heavy atom. The highest BCUT2D eigenvalue weighted by Crippen LogP contribution is 2.59. The summed E-state index contributed by atoms with van der Waals surface area (Å²) < 4.78 is 29.9. The standard InChI is InChI=1S/C23H20Br2F2/c1-11-5-15-17(7-13(26)9-19(15)24)21(11)23(3,4)22-12(2)6-16-18(22)8-14(27)10-20(16)25/h5-10,21-22H,1-4H3. The molecule has 0 saturated heterocycles. The molecule has 2 aliphatic carbocycles. The molecule has 0 heterocycles. The maximum absolute atomic E-state index is 14.2. The molecule has 140 valence electrons. The van der Waals surface area contributed by atoms with Gasteiger partial charge < -0.3 is 0 Å². The number of benzene rings is 2. The number of hydrogen-bond acceptors (Lipinski definition) is 0. The van der Waals surface area contributed by atoms with E-state index in [4.69, 9.17) is 0 Å². The number of allylic oxidation sites excluding steroid dienone is 2. The number of rotatable bonds is 2. The lowest BCUT2D eigenvalue weighted by atomic mass is 9.62. The van der Waals surface area contributed by atoms with Crippen LogP contribution in [0, 0.1) is 17.0 Å². The van der Waals surface area contributed by atoms with Gasteiger partial charge in [-0.25, -0.2) is 8.78 Å². The van der Waals surface area contributed by atoms with Gasteiger partial charge >= 0.3 is 0 Å². The lowest BCUT2D eigenvalue weighted by Gasteiger charge is -2.41. The van der Waals surface area contributed by atoms with Gasteiger partial charge in [-0.2, -0.15) is 0 Å². The summed E-state index contributed by atoms with van der Waals surface area (Å²) in [5.41, 5.74) is 6.26. The van der Waals surface area contributed by atoms with Crippen molar-refractivity contribution in [2.45, 2.75) is 39.5 Å². The van der Waals surface area contributed by atoms with Gasteiger partial charge in [0.2, 0.25) is 0 Å². The van der Waals surface area contributed by atoms with Crippen molar-refractivity contribution < 1.29 is 8.78 Å². The summed E-state index contributed by atoms with van der Waals surface area (Å²) in [4.78, 5) is 0. The van der Waals surface area contributed by atoms with Crippen LogP contribution in [0.4, 0.5) is 8.78 Å². The van der Waals surface area contributed by atoms with Gasteiger partial charge in [0.1, 0.15) is 11.6 Å². The van der Waals surface area contributed by atoms with Crippen molar-refractivity contribution in [2.24, 2.45) is 5.41 Å². The van der Waals surface area contributed by atoms with Gasteiger partial charge in [0.05, 0.1) is 0 Å². The SMILES string of the molecule is CC1=Cc2c(Br)cc(F)cc2C1C(C)(C)C1C(C)=Cc2c(Br)cc(F)cc21. The molecule has 2 atom stereocenters. The third-order valence-electron chi connectivity index (χ3n) is 6.02. The molecule has 27 heavy (non-hydrogen) atoms. The summed E-state index contributed by atoms with van der Waals surface area (Å²) in [6.45, 7) is 8.62. The molecular formula is C23H20Br2F2. The van der Waals surface area contributed by atoms with E-state index in [9.17, 15) is 8.78 Å². The highest BCUT2D eigenvalue weighted by Gasteiger charge is 2.45. The molecule has 0 N–H and O–H groups in total. The minimum atomic E-state index is -0.252. The van der Waals surface area contributed by atoms with Crippen LogP contribution >= 0.6 is 31.9 Å². The second-order valence-corrected chi connectivity index (χ2v) is 9.95. The van der Waals surface area contributed by atoms with E-state index in [1.165, 1.54) is 23.3 Å². The third kappa shape index (κ3) is 2.87. The fourth-order valence-electron chi connectivity index (χ4n) is 5.25. The molecule has 2 aromatic rings. The number of hydrogen-bond donors (Lipinski definition) is 0. The summed E-state index contributed by atoms with van der Waals surface area (Å²) in [6.07, 6.45) is 4.28. The van der Waals surface area contributed by atoms with Gasteiger partial charge in [0.15, 0.2) is 0 Å². The highest BCUT2D eigenvalue weighted by atomic mass is 79.9. The van der Waals surface area contributed by atoms with Gasteiger partial charge in [0, 0.05) is 20.8 Å². The van der Waals surface area contributed by atoms with Gasteiger partial charge in [-0.05, 0) is 65.8 Å². The normalized spacial score (nSPS) is 21.0. The summed E-state index contributed by atoms with van der Waals surface area (Å²) >= 11 is 7.02. The maximum atomic E-state index is 14.2. The van der Waals surface area contributed by atoms with E-state index in [-0.39, 0.29) is 28.9 Å². The number of fused-ring (bicyclic) bond motifs is 2. The summed E-state index contributed by atoms with van der Waals surface area (Å²) in [5.74, 6) is -0.364. The van der Waals surface area contributed by atoms with E-state index in [0.29, 0.717) is 0 Å². The van der Waals surface area contributed by atoms with E-state index < -0.39 is 0 Å². The smallest absolute Gasteiger partial charge is 0.124 e. The van der Waals surface area contributed by atoms with Crippen molar-refractivity contribution >= 4 is 44.0 Å². The molecule has 0 fully saturated rings. The second-order valence-electron chi connectivity index (χ2n) is 8.25. The Balaban J connectivity index is 1.88. The van der Waals surface area contributed by atoms with Gasteiger partial charge in [-0.15, -0.1) is 0 Å². The third-order valence-corrected chi connectivity index (χ3v) is 7.33. The van der Waals surface area contributed by atoms with Crippen molar-refractivity contribution in [1.29, 1.82) is 0 Å². The fourth-order valence-corrected chi connectivity index (χ4v) is 6.37. The zero-order chi connectivity index (χ0) is 19.7. The second kappa shape index (κ2) is 6.38. The summed E-state index contributed by atoms with van der Waals surface area (Å²) in [5, 5.41) is 0. The van der Waals surface area contributed by atoms with Crippen LogP contribution in [0.3, 0.4) is 0 Å². The Morgan fingerprint density at radius 2 is 1.11 bits per heavy atom. The molecule has 0 amide bonds. The van der Waals surface area contributed by atoms with E-state index in [2.05, 4.69) is 71.7 Å². The molecule has 2 unspecified atom stereocenters. The number of halogens is 4. The average molecular weight is 494 g/mol. The van der Waals surface area contributed by atoms with Crippen molar-refractivity contribution in [3.05, 3.63) is 78.2 Å². The minimum Gasteiger partial charge on any atom is -0.207 e. The van der Waals surface area contributed by atoms with Crippen LogP contribution in [0.1, 0.15) is 61.8 Å². The first kappa shape index (κ1) is 19.1. The van der Waals surface area contributed by atoms with E-state index in [1.807, 2.05) is 0 Å². The van der Waals surface area contributed by atoms with Crippen molar-refractivity contribution in [1.82, 2.24) is 0 Å². The van der Waals surface area contributed by atoms with Crippen LogP contribution in [-0.2, 0) is 0 Å². The molecular weight excluding hydrogens is 474 g/mol. The zero-order valence-corrected chi connectivity index (χ0v) is 18.8. The molecule has 0 spiro atoms. The monoisotopic (exact) mass is 492 g/mol. The minimum absolute atomic E-state index is 0.0563. The van der Waals surface area contributed by atoms with E-state index in [1.54, 1.807) is 12.1 Å². The molecule has 0 nitrogen and oxygen atoms in total. The van der Waals surface area contributed by atoms with Crippen LogP contribution in [-0.4, -0.2) is 0 Å². The molecule has 2 aliphatic rings. The van der Waals surface area contributed by atoms with Gasteiger partial charge in [-0.3, -0.25) is 0 Å². The summed E-state index contributed by atoms with van der Waals surface area (Å²) in [7, 11) is 0. The predicted molar refractivity (Wildman–Crippen MR) is 115 cm³/mol. The Morgan fingerprint density at radius 3 is 1.48 bits per heavy atom. The Kier molecular flexibility index (Phi) is 4.51. The molecule has 0 aliphatic heterocycles. The van der Waals surface area contributed by atoms with E-state index in [0.717, 1.165) is 31.2 Å².